The fraction of sp³-hybridized carbons (Fsp3) is 0.923. The van der Waals surface area contributed by atoms with Crippen LogP contribution >= 0.6 is 0 Å². The predicted molar refractivity (Wildman–Crippen MR) is 59.6 cm³/mol. The second-order valence-corrected chi connectivity index (χ2v) is 6.29. The molecule has 2 rings (SSSR count). The maximum absolute atomic E-state index is 10.9. The van der Waals surface area contributed by atoms with Gasteiger partial charge in [-0.15, -0.1) is 0 Å². The molecule has 15 heavy (non-hydrogen) atoms. The van der Waals surface area contributed by atoms with Crippen LogP contribution in [0, 0.1) is 23.2 Å². The van der Waals surface area contributed by atoms with Gasteiger partial charge in [-0.3, -0.25) is 4.79 Å². The van der Waals surface area contributed by atoms with Crippen LogP contribution in [0.4, 0.5) is 0 Å². The van der Waals surface area contributed by atoms with E-state index in [1.807, 2.05) is 0 Å². The van der Waals surface area contributed by atoms with Crippen molar-refractivity contribution in [2.75, 3.05) is 0 Å². The number of aliphatic carboxylic acids is 1. The van der Waals surface area contributed by atoms with E-state index in [1.54, 1.807) is 0 Å². The molecule has 2 nitrogen and oxygen atoms in total. The Kier molecular flexibility index (Phi) is 2.78. The van der Waals surface area contributed by atoms with Crippen molar-refractivity contribution in [2.24, 2.45) is 23.2 Å². The van der Waals surface area contributed by atoms with Gasteiger partial charge in [0.2, 0.25) is 0 Å². The molecule has 0 aromatic heterocycles. The van der Waals surface area contributed by atoms with Gasteiger partial charge in [0.05, 0.1) is 0 Å². The smallest absolute Gasteiger partial charge is 0.303 e. The molecule has 0 aromatic rings. The second-order valence-electron chi connectivity index (χ2n) is 6.29. The monoisotopic (exact) mass is 210 g/mol. The quantitative estimate of drug-likeness (QED) is 0.759. The van der Waals surface area contributed by atoms with E-state index in [-0.39, 0.29) is 0 Å². The highest BCUT2D eigenvalue weighted by Crippen LogP contribution is 2.52. The second kappa shape index (κ2) is 3.80. The van der Waals surface area contributed by atoms with Crippen LogP contribution in [0.15, 0.2) is 0 Å². The summed E-state index contributed by atoms with van der Waals surface area (Å²) in [5.74, 6) is 1.24. The molecule has 86 valence electrons. The average molecular weight is 210 g/mol. The third-order valence-corrected chi connectivity index (χ3v) is 4.40. The van der Waals surface area contributed by atoms with Crippen molar-refractivity contribution < 1.29 is 9.90 Å². The molecule has 2 heteroatoms. The van der Waals surface area contributed by atoms with Crippen LogP contribution in [0.2, 0.25) is 0 Å². The first kappa shape index (κ1) is 11.0. The number of hydrogen-bond donors (Lipinski definition) is 1. The van der Waals surface area contributed by atoms with Crippen molar-refractivity contribution in [1.29, 1.82) is 0 Å². The molecule has 2 saturated carbocycles. The number of carbonyl (C=O) groups is 1. The molecule has 2 fully saturated rings. The number of fused-ring (bicyclic) bond motifs is 2. The fourth-order valence-corrected chi connectivity index (χ4v) is 4.00. The van der Waals surface area contributed by atoms with E-state index >= 15 is 0 Å². The zero-order valence-corrected chi connectivity index (χ0v) is 9.83. The largest absolute Gasteiger partial charge is 0.481 e. The van der Waals surface area contributed by atoms with Crippen molar-refractivity contribution in [3.8, 4) is 0 Å². The highest BCUT2D eigenvalue weighted by molar-refractivity contribution is 5.67. The van der Waals surface area contributed by atoms with Crippen LogP contribution < -0.4 is 0 Å². The van der Waals surface area contributed by atoms with E-state index in [9.17, 15) is 4.79 Å². The molecule has 0 heterocycles. The Morgan fingerprint density at radius 2 is 1.80 bits per heavy atom. The van der Waals surface area contributed by atoms with Crippen LogP contribution in [0.25, 0.3) is 0 Å². The molecule has 2 bridgehead atoms. The minimum atomic E-state index is -0.600. The zero-order valence-electron chi connectivity index (χ0n) is 9.83. The van der Waals surface area contributed by atoms with Gasteiger partial charge >= 0.3 is 5.97 Å². The predicted octanol–water partition coefficient (Wildman–Crippen LogP) is 3.31. The lowest BCUT2D eigenvalue weighted by Crippen LogP contribution is -2.40. The molecule has 2 atom stereocenters. The molecule has 0 spiro atoms. The van der Waals surface area contributed by atoms with Crippen LogP contribution in [0.5, 0.6) is 0 Å². The summed E-state index contributed by atoms with van der Waals surface area (Å²) >= 11 is 0. The van der Waals surface area contributed by atoms with Gasteiger partial charge < -0.3 is 5.11 Å². The van der Waals surface area contributed by atoms with Crippen molar-refractivity contribution >= 4 is 5.97 Å². The van der Waals surface area contributed by atoms with Crippen LogP contribution in [-0.4, -0.2) is 11.1 Å². The van der Waals surface area contributed by atoms with Crippen molar-refractivity contribution in [3.63, 3.8) is 0 Å². The maximum atomic E-state index is 10.9. The zero-order chi connectivity index (χ0) is 11.1. The lowest BCUT2D eigenvalue weighted by atomic mass is 9.56. The first-order chi connectivity index (χ1) is 6.98. The van der Waals surface area contributed by atoms with E-state index in [0.717, 1.165) is 0 Å². The number of rotatable bonds is 2. The summed E-state index contributed by atoms with van der Waals surface area (Å²) in [6.45, 7) is 4.69. The van der Waals surface area contributed by atoms with Crippen molar-refractivity contribution in [1.82, 2.24) is 0 Å². The Hall–Kier alpha value is -0.530. The molecule has 2 aliphatic carbocycles. The first-order valence-corrected chi connectivity index (χ1v) is 6.20. The Bertz CT molecular complexity index is 241. The number of carboxylic acids is 1. The van der Waals surface area contributed by atoms with Gasteiger partial charge in [0, 0.05) is 6.42 Å². The van der Waals surface area contributed by atoms with E-state index < -0.39 is 5.97 Å². The van der Waals surface area contributed by atoms with E-state index in [4.69, 9.17) is 5.11 Å². The standard InChI is InChI=1S/C13H22O2/c1-13(2)7-9-4-3-5-10(8-13)11(9)6-12(14)15/h9-11H,3-8H2,1-2H3,(H,14,15). The van der Waals surface area contributed by atoms with Gasteiger partial charge in [0.15, 0.2) is 0 Å². The number of carboxylic acid groups (broad SMARTS) is 1. The molecule has 0 saturated heterocycles. The van der Waals surface area contributed by atoms with Gasteiger partial charge in [-0.05, 0) is 36.0 Å². The van der Waals surface area contributed by atoms with Crippen LogP contribution in [0.3, 0.4) is 0 Å². The SMILES string of the molecule is CC1(C)CC2CCCC(C1)C2CC(=O)O. The van der Waals surface area contributed by atoms with Crippen LogP contribution in [0.1, 0.15) is 52.4 Å². The molecule has 0 radical (unpaired) electrons. The molecular weight excluding hydrogens is 188 g/mol. The Labute approximate surface area is 92.1 Å². The maximum Gasteiger partial charge on any atom is 0.303 e. The highest BCUT2D eigenvalue weighted by Gasteiger charge is 2.43. The van der Waals surface area contributed by atoms with E-state index in [2.05, 4.69) is 13.8 Å². The summed E-state index contributed by atoms with van der Waals surface area (Å²) in [6, 6.07) is 0. The molecule has 0 amide bonds. The van der Waals surface area contributed by atoms with Gasteiger partial charge in [0.25, 0.3) is 0 Å². The molecule has 2 unspecified atom stereocenters. The van der Waals surface area contributed by atoms with E-state index in [1.165, 1.54) is 32.1 Å². The van der Waals surface area contributed by atoms with Crippen molar-refractivity contribution in [2.45, 2.75) is 52.4 Å². The fourth-order valence-electron chi connectivity index (χ4n) is 4.00. The minimum Gasteiger partial charge on any atom is -0.481 e. The Morgan fingerprint density at radius 3 is 2.27 bits per heavy atom. The molecule has 1 N–H and O–H groups in total. The minimum absolute atomic E-state index is 0.408. The summed E-state index contributed by atoms with van der Waals surface area (Å²) < 4.78 is 0. The first-order valence-electron chi connectivity index (χ1n) is 6.20. The normalized spacial score (nSPS) is 38.7. The van der Waals surface area contributed by atoms with Crippen LogP contribution in [-0.2, 0) is 4.79 Å². The molecule has 2 aliphatic rings. The number of hydrogen-bond acceptors (Lipinski definition) is 1. The van der Waals surface area contributed by atoms with E-state index in [0.29, 0.717) is 29.6 Å². The van der Waals surface area contributed by atoms with Gasteiger partial charge in [-0.1, -0.05) is 33.1 Å². The van der Waals surface area contributed by atoms with Gasteiger partial charge in [0.1, 0.15) is 0 Å². The average Bonchev–Trinajstić information content (AvgIpc) is 2.05. The lowest BCUT2D eigenvalue weighted by Gasteiger charge is -2.49. The van der Waals surface area contributed by atoms with Crippen molar-refractivity contribution in [3.05, 3.63) is 0 Å². The highest BCUT2D eigenvalue weighted by atomic mass is 16.4. The summed E-state index contributed by atoms with van der Waals surface area (Å²) in [7, 11) is 0. The molecule has 0 aliphatic heterocycles. The summed E-state index contributed by atoms with van der Waals surface area (Å²) in [5.41, 5.74) is 0.449. The molecular formula is C13H22O2. The van der Waals surface area contributed by atoms with Gasteiger partial charge in [-0.25, -0.2) is 0 Å². The summed E-state index contributed by atoms with van der Waals surface area (Å²) in [4.78, 5) is 10.9. The van der Waals surface area contributed by atoms with Gasteiger partial charge in [-0.2, -0.15) is 0 Å². The summed E-state index contributed by atoms with van der Waals surface area (Å²) in [5, 5.41) is 8.95. The third-order valence-electron chi connectivity index (χ3n) is 4.40. The molecule has 0 aromatic carbocycles. The Balaban J connectivity index is 2.10. The topological polar surface area (TPSA) is 37.3 Å². The lowest BCUT2D eigenvalue weighted by molar-refractivity contribution is -0.141. The third kappa shape index (κ3) is 2.35. The Morgan fingerprint density at radius 1 is 1.27 bits per heavy atom. The summed E-state index contributed by atoms with van der Waals surface area (Å²) in [6.07, 6.45) is 6.73.